The summed E-state index contributed by atoms with van der Waals surface area (Å²) in [5.74, 6) is -0.482. The van der Waals surface area contributed by atoms with E-state index in [0.29, 0.717) is 28.2 Å². The van der Waals surface area contributed by atoms with Crippen LogP contribution in [-0.4, -0.2) is 21.1 Å². The van der Waals surface area contributed by atoms with Gasteiger partial charge < -0.3 is 10.3 Å². The van der Waals surface area contributed by atoms with Crippen LogP contribution in [0.5, 0.6) is 0 Å². The van der Waals surface area contributed by atoms with Crippen LogP contribution >= 0.6 is 11.6 Å². The second-order valence-corrected chi connectivity index (χ2v) is 7.23. The van der Waals surface area contributed by atoms with Crippen molar-refractivity contribution in [2.24, 2.45) is 0 Å². The highest BCUT2D eigenvalue weighted by Gasteiger charge is 2.32. The maximum atomic E-state index is 14.6. The molecule has 10 heteroatoms. The number of H-pyrrole nitrogens is 1. The summed E-state index contributed by atoms with van der Waals surface area (Å²) in [6.07, 6.45) is 3.23. The normalized spacial score (nSPS) is 16.9. The summed E-state index contributed by atoms with van der Waals surface area (Å²) in [6, 6.07) is 4.03. The lowest BCUT2D eigenvalue weighted by Crippen LogP contribution is -2.41. The fourth-order valence-corrected chi connectivity index (χ4v) is 3.28. The van der Waals surface area contributed by atoms with Gasteiger partial charge in [-0.2, -0.15) is 17.6 Å². The number of hydrogen-bond donors (Lipinski definition) is 3. The van der Waals surface area contributed by atoms with E-state index in [1.165, 1.54) is 12.3 Å². The van der Waals surface area contributed by atoms with E-state index in [1.807, 2.05) is 0 Å². The first-order valence-electron chi connectivity index (χ1n) is 9.00. The molecule has 1 aliphatic rings. The molecule has 0 bridgehead atoms. The molecule has 156 valence electrons. The van der Waals surface area contributed by atoms with Crippen LogP contribution in [0.1, 0.15) is 16.8 Å². The maximum Gasteiger partial charge on any atom is 0.433 e. The topological polar surface area (TPSA) is 65.6 Å². The van der Waals surface area contributed by atoms with Gasteiger partial charge in [-0.1, -0.05) is 23.7 Å². The number of pyridine rings is 2. The van der Waals surface area contributed by atoms with E-state index >= 15 is 0 Å². The zero-order chi connectivity index (χ0) is 21.3. The Labute approximate surface area is 173 Å². The van der Waals surface area contributed by atoms with Gasteiger partial charge in [0, 0.05) is 42.5 Å². The van der Waals surface area contributed by atoms with Gasteiger partial charge in [0.15, 0.2) is 5.95 Å². The van der Waals surface area contributed by atoms with Crippen LogP contribution in [0.25, 0.3) is 11.0 Å². The van der Waals surface area contributed by atoms with Crippen LogP contribution in [-0.2, 0) is 19.1 Å². The predicted octanol–water partition coefficient (Wildman–Crippen LogP) is 4.63. The van der Waals surface area contributed by atoms with Gasteiger partial charge in [-0.05, 0) is 29.3 Å². The van der Waals surface area contributed by atoms with Gasteiger partial charge in [-0.15, -0.1) is 0 Å². The smallest absolute Gasteiger partial charge is 0.346 e. The highest BCUT2D eigenvalue weighted by Crippen LogP contribution is 2.27. The van der Waals surface area contributed by atoms with E-state index in [-0.39, 0.29) is 6.54 Å². The number of aromatic nitrogens is 3. The van der Waals surface area contributed by atoms with Gasteiger partial charge in [-0.3, -0.25) is 10.3 Å². The van der Waals surface area contributed by atoms with E-state index in [4.69, 9.17) is 11.6 Å². The summed E-state index contributed by atoms with van der Waals surface area (Å²) >= 11 is 6.00. The minimum Gasteiger partial charge on any atom is -0.346 e. The van der Waals surface area contributed by atoms with Crippen LogP contribution < -0.4 is 10.6 Å². The van der Waals surface area contributed by atoms with Crippen molar-refractivity contribution in [3.05, 3.63) is 82.3 Å². The van der Waals surface area contributed by atoms with E-state index in [2.05, 4.69) is 25.6 Å². The van der Waals surface area contributed by atoms with Gasteiger partial charge in [-0.25, -0.2) is 4.98 Å². The lowest BCUT2D eigenvalue weighted by Gasteiger charge is -2.22. The molecule has 4 heterocycles. The Hall–Kier alpha value is -2.91. The molecule has 0 fully saturated rings. The van der Waals surface area contributed by atoms with Gasteiger partial charge in [0.1, 0.15) is 11.3 Å². The van der Waals surface area contributed by atoms with Gasteiger partial charge in [0.05, 0.1) is 11.2 Å². The number of hydrogen-bond acceptors (Lipinski definition) is 4. The summed E-state index contributed by atoms with van der Waals surface area (Å²) in [7, 11) is 0. The Morgan fingerprint density at radius 1 is 1.17 bits per heavy atom. The quantitative estimate of drug-likeness (QED) is 0.402. The third-order valence-corrected chi connectivity index (χ3v) is 4.87. The van der Waals surface area contributed by atoms with Crippen molar-refractivity contribution in [1.82, 2.24) is 25.6 Å². The second kappa shape index (κ2) is 8.08. The van der Waals surface area contributed by atoms with Crippen LogP contribution in [0, 0.1) is 0 Å². The van der Waals surface area contributed by atoms with Crippen LogP contribution in [0.15, 0.2) is 60.5 Å². The highest BCUT2D eigenvalue weighted by atomic mass is 35.5. The zero-order valence-electron chi connectivity index (χ0n) is 15.4. The Bertz CT molecular complexity index is 1120. The van der Waals surface area contributed by atoms with Crippen molar-refractivity contribution >= 4 is 22.6 Å². The molecule has 0 spiro atoms. The molecule has 0 amide bonds. The van der Waals surface area contributed by atoms with Crippen molar-refractivity contribution in [3.8, 4) is 0 Å². The van der Waals surface area contributed by atoms with Crippen LogP contribution in [0.2, 0.25) is 5.02 Å². The number of halogens is 5. The molecule has 3 aromatic heterocycles. The van der Waals surface area contributed by atoms with Gasteiger partial charge in [0.25, 0.3) is 0 Å². The SMILES string of the molecule is FC1=C(Cc2c[nH]c3ncc(Cl)cc23)C=CC(NCc2ccc(C(F)(F)F)nc2)N1. The van der Waals surface area contributed by atoms with E-state index in [1.54, 1.807) is 24.4 Å². The van der Waals surface area contributed by atoms with Gasteiger partial charge >= 0.3 is 6.18 Å². The lowest BCUT2D eigenvalue weighted by atomic mass is 10.0. The molecule has 3 aromatic rings. The van der Waals surface area contributed by atoms with Crippen molar-refractivity contribution in [2.75, 3.05) is 0 Å². The fraction of sp³-hybridized carbons (Fsp3) is 0.200. The number of aromatic amines is 1. The first-order valence-corrected chi connectivity index (χ1v) is 9.38. The fourth-order valence-electron chi connectivity index (χ4n) is 3.13. The maximum absolute atomic E-state index is 14.6. The molecule has 5 nitrogen and oxygen atoms in total. The number of alkyl halides is 3. The summed E-state index contributed by atoms with van der Waals surface area (Å²) in [4.78, 5) is 10.6. The molecule has 0 radical (unpaired) electrons. The number of fused-ring (bicyclic) bond motifs is 1. The van der Waals surface area contributed by atoms with E-state index in [0.717, 1.165) is 23.2 Å². The van der Waals surface area contributed by atoms with Crippen molar-refractivity contribution in [2.45, 2.75) is 25.3 Å². The van der Waals surface area contributed by atoms with Gasteiger partial charge in [0.2, 0.25) is 0 Å². The molecule has 1 unspecified atom stereocenters. The molecular formula is C20H16ClF4N5. The largest absolute Gasteiger partial charge is 0.433 e. The average molecular weight is 438 g/mol. The first-order chi connectivity index (χ1) is 14.3. The number of dihydropyridines is 1. The van der Waals surface area contributed by atoms with Crippen LogP contribution in [0.3, 0.4) is 0 Å². The Morgan fingerprint density at radius 3 is 2.70 bits per heavy atom. The zero-order valence-corrected chi connectivity index (χ0v) is 16.2. The second-order valence-electron chi connectivity index (χ2n) is 6.79. The third kappa shape index (κ3) is 4.47. The summed E-state index contributed by atoms with van der Waals surface area (Å²) in [5, 5.41) is 7.05. The Balaban J connectivity index is 1.37. The van der Waals surface area contributed by atoms with Crippen molar-refractivity contribution in [3.63, 3.8) is 0 Å². The Morgan fingerprint density at radius 2 is 2.00 bits per heavy atom. The number of nitrogens with zero attached hydrogens (tertiary/aromatic N) is 2. The first kappa shape index (κ1) is 20.4. The summed E-state index contributed by atoms with van der Waals surface area (Å²) in [5.41, 5.74) is 1.60. The lowest BCUT2D eigenvalue weighted by molar-refractivity contribution is -0.141. The minimum atomic E-state index is -4.48. The van der Waals surface area contributed by atoms with E-state index < -0.39 is 24.0 Å². The average Bonchev–Trinajstić information content (AvgIpc) is 3.10. The van der Waals surface area contributed by atoms with E-state index in [9.17, 15) is 17.6 Å². The molecule has 1 aliphatic heterocycles. The molecule has 4 rings (SSSR count). The molecular weight excluding hydrogens is 422 g/mol. The minimum absolute atomic E-state index is 0.225. The summed E-state index contributed by atoms with van der Waals surface area (Å²) in [6.45, 7) is 0.225. The number of nitrogens with one attached hydrogen (secondary N) is 3. The highest BCUT2D eigenvalue weighted by molar-refractivity contribution is 6.31. The molecule has 1 atom stereocenters. The standard InChI is InChI=1S/C20H16ClF4N5/c21-14-6-15-13(9-28-19(15)29-10-14)5-12-2-4-17(30-18(12)22)27-8-11-1-3-16(26-7-11)20(23,24)25/h1-4,6-7,9-10,17,27,30H,5,8H2,(H,28,29). The van der Waals surface area contributed by atoms with Crippen LogP contribution in [0.4, 0.5) is 17.6 Å². The predicted molar refractivity (Wildman–Crippen MR) is 105 cm³/mol. The van der Waals surface area contributed by atoms with Crippen molar-refractivity contribution < 1.29 is 17.6 Å². The number of allylic oxidation sites excluding steroid dienone is 2. The number of rotatable bonds is 5. The third-order valence-electron chi connectivity index (χ3n) is 4.66. The molecule has 3 N–H and O–H groups in total. The Kier molecular flexibility index (Phi) is 5.48. The van der Waals surface area contributed by atoms with Crippen molar-refractivity contribution in [1.29, 1.82) is 0 Å². The molecule has 30 heavy (non-hydrogen) atoms. The summed E-state index contributed by atoms with van der Waals surface area (Å²) < 4.78 is 52.3. The molecule has 0 aliphatic carbocycles. The monoisotopic (exact) mass is 437 g/mol. The molecule has 0 saturated heterocycles. The molecule has 0 saturated carbocycles. The molecule has 0 aromatic carbocycles.